The molecule has 2 aliphatic rings. The number of rotatable bonds is 3. The molecule has 8 nitrogen and oxygen atoms in total. The molecule has 23 heavy (non-hydrogen) atoms. The number of amides is 3. The molecule has 3 rings (SSSR count). The first-order chi connectivity index (χ1) is 11.0. The number of aromatic nitrogens is 3. The van der Waals surface area contributed by atoms with Gasteiger partial charge in [-0.05, 0) is 33.1 Å². The second kappa shape index (κ2) is 6.55. The lowest BCUT2D eigenvalue weighted by Gasteiger charge is -2.35. The lowest BCUT2D eigenvalue weighted by molar-refractivity contribution is -0.133. The Bertz CT molecular complexity index is 599. The number of piperidine rings is 1. The van der Waals surface area contributed by atoms with Gasteiger partial charge in [0.1, 0.15) is 18.2 Å². The van der Waals surface area contributed by atoms with Crippen LogP contribution in [0.1, 0.15) is 37.0 Å². The maximum Gasteiger partial charge on any atom is 0.317 e. The van der Waals surface area contributed by atoms with Crippen molar-refractivity contribution >= 4 is 11.9 Å². The van der Waals surface area contributed by atoms with Crippen LogP contribution in [0.25, 0.3) is 0 Å². The first-order valence-corrected chi connectivity index (χ1v) is 8.25. The van der Waals surface area contributed by atoms with Crippen molar-refractivity contribution in [2.45, 2.75) is 39.2 Å². The van der Waals surface area contributed by atoms with Gasteiger partial charge < -0.3 is 15.1 Å². The van der Waals surface area contributed by atoms with E-state index >= 15 is 0 Å². The topological polar surface area (TPSA) is 83.4 Å². The van der Waals surface area contributed by atoms with E-state index in [-0.39, 0.29) is 24.5 Å². The van der Waals surface area contributed by atoms with Gasteiger partial charge in [-0.1, -0.05) is 0 Å². The van der Waals surface area contributed by atoms with Crippen molar-refractivity contribution in [3.8, 4) is 0 Å². The van der Waals surface area contributed by atoms with Crippen LogP contribution in [0, 0.1) is 13.8 Å². The van der Waals surface area contributed by atoms with Crippen molar-refractivity contribution in [2.75, 3.05) is 32.7 Å². The molecule has 0 spiro atoms. The predicted molar refractivity (Wildman–Crippen MR) is 83.9 cm³/mol. The number of carbonyl (C=O) groups excluding carboxylic acids is 2. The molecule has 3 amide bonds. The largest absolute Gasteiger partial charge is 0.339 e. The fourth-order valence-electron chi connectivity index (χ4n) is 3.36. The van der Waals surface area contributed by atoms with Crippen molar-refractivity contribution in [3.05, 3.63) is 11.6 Å². The van der Waals surface area contributed by atoms with E-state index in [0.29, 0.717) is 19.6 Å². The average molecular weight is 320 g/mol. The SMILES string of the molecule is Cc1nc(C)n(C2CCCN(C(=O)CN3CCCNC3=O)C2)n1. The summed E-state index contributed by atoms with van der Waals surface area (Å²) in [7, 11) is 0. The maximum absolute atomic E-state index is 12.5. The van der Waals surface area contributed by atoms with Crippen LogP contribution in [0.15, 0.2) is 0 Å². The second-order valence-corrected chi connectivity index (χ2v) is 6.29. The van der Waals surface area contributed by atoms with Crippen LogP contribution >= 0.6 is 0 Å². The molecule has 0 bridgehead atoms. The van der Waals surface area contributed by atoms with Gasteiger partial charge in [-0.15, -0.1) is 0 Å². The lowest BCUT2D eigenvalue weighted by Crippen LogP contribution is -2.52. The second-order valence-electron chi connectivity index (χ2n) is 6.29. The van der Waals surface area contributed by atoms with E-state index in [2.05, 4.69) is 15.4 Å². The number of nitrogens with one attached hydrogen (secondary N) is 1. The Hall–Kier alpha value is -2.12. The Kier molecular flexibility index (Phi) is 4.49. The van der Waals surface area contributed by atoms with E-state index in [1.807, 2.05) is 23.4 Å². The summed E-state index contributed by atoms with van der Waals surface area (Å²) in [6.07, 6.45) is 2.83. The Morgan fingerprint density at radius 2 is 2.13 bits per heavy atom. The molecule has 0 aliphatic carbocycles. The van der Waals surface area contributed by atoms with Gasteiger partial charge in [0.2, 0.25) is 5.91 Å². The van der Waals surface area contributed by atoms with Gasteiger partial charge in [0.15, 0.2) is 0 Å². The van der Waals surface area contributed by atoms with Gasteiger partial charge in [0.05, 0.1) is 6.04 Å². The molecule has 1 aromatic rings. The van der Waals surface area contributed by atoms with E-state index in [1.165, 1.54) is 0 Å². The number of nitrogens with zero attached hydrogens (tertiary/aromatic N) is 5. The zero-order valence-electron chi connectivity index (χ0n) is 13.8. The zero-order valence-corrected chi connectivity index (χ0v) is 13.8. The van der Waals surface area contributed by atoms with Gasteiger partial charge in [-0.25, -0.2) is 14.5 Å². The summed E-state index contributed by atoms with van der Waals surface area (Å²) in [6, 6.07) is 0.0324. The average Bonchev–Trinajstić information content (AvgIpc) is 2.88. The Labute approximate surface area is 135 Å². The molecule has 0 radical (unpaired) electrons. The summed E-state index contributed by atoms with van der Waals surface area (Å²) in [5.41, 5.74) is 0. The monoisotopic (exact) mass is 320 g/mol. The van der Waals surface area contributed by atoms with Crippen molar-refractivity contribution in [1.82, 2.24) is 29.9 Å². The molecule has 2 fully saturated rings. The molecule has 3 heterocycles. The summed E-state index contributed by atoms with van der Waals surface area (Å²) in [5.74, 6) is 1.66. The van der Waals surface area contributed by atoms with E-state index in [0.717, 1.165) is 37.5 Å². The van der Waals surface area contributed by atoms with Crippen LogP contribution in [-0.4, -0.2) is 69.2 Å². The van der Waals surface area contributed by atoms with Crippen LogP contribution < -0.4 is 5.32 Å². The molecule has 1 atom stereocenters. The molecule has 2 aliphatic heterocycles. The van der Waals surface area contributed by atoms with E-state index in [1.54, 1.807) is 4.90 Å². The highest BCUT2D eigenvalue weighted by atomic mass is 16.2. The Morgan fingerprint density at radius 3 is 2.83 bits per heavy atom. The highest BCUT2D eigenvalue weighted by Crippen LogP contribution is 2.22. The molecule has 1 unspecified atom stereocenters. The number of urea groups is 1. The minimum absolute atomic E-state index is 0.0150. The summed E-state index contributed by atoms with van der Waals surface area (Å²) in [4.78, 5) is 32.1. The third-order valence-corrected chi connectivity index (χ3v) is 4.50. The molecule has 126 valence electrons. The normalized spacial score (nSPS) is 22.2. The minimum Gasteiger partial charge on any atom is -0.339 e. The number of carbonyl (C=O) groups is 2. The number of hydrogen-bond acceptors (Lipinski definition) is 4. The van der Waals surface area contributed by atoms with Crippen LogP contribution in [0.3, 0.4) is 0 Å². The first-order valence-electron chi connectivity index (χ1n) is 8.25. The summed E-state index contributed by atoms with van der Waals surface area (Å²) >= 11 is 0. The van der Waals surface area contributed by atoms with E-state index < -0.39 is 0 Å². The van der Waals surface area contributed by atoms with Crippen molar-refractivity contribution in [3.63, 3.8) is 0 Å². The van der Waals surface area contributed by atoms with Gasteiger partial charge in [-0.2, -0.15) is 5.10 Å². The number of aryl methyl sites for hydroxylation is 2. The van der Waals surface area contributed by atoms with Crippen LogP contribution in [0.2, 0.25) is 0 Å². The highest BCUT2D eigenvalue weighted by Gasteiger charge is 2.29. The lowest BCUT2D eigenvalue weighted by atomic mass is 10.1. The quantitative estimate of drug-likeness (QED) is 0.878. The summed E-state index contributed by atoms with van der Waals surface area (Å²) < 4.78 is 1.93. The van der Waals surface area contributed by atoms with Crippen molar-refractivity contribution in [1.29, 1.82) is 0 Å². The molecule has 1 N–H and O–H groups in total. The molecule has 8 heteroatoms. The molecular formula is C15H24N6O2. The standard InChI is InChI=1S/C15H24N6O2/c1-11-17-12(2)21(18-11)13-5-3-7-19(9-13)14(22)10-20-8-4-6-16-15(20)23/h13H,3-10H2,1-2H3,(H,16,23). The fraction of sp³-hybridized carbons (Fsp3) is 0.733. The van der Waals surface area contributed by atoms with Crippen LogP contribution in [0.4, 0.5) is 4.79 Å². The summed E-state index contributed by atoms with van der Waals surface area (Å²) in [6.45, 7) is 6.71. The zero-order chi connectivity index (χ0) is 16.4. The van der Waals surface area contributed by atoms with Gasteiger partial charge in [0, 0.05) is 26.2 Å². The fourth-order valence-corrected chi connectivity index (χ4v) is 3.36. The maximum atomic E-state index is 12.5. The smallest absolute Gasteiger partial charge is 0.317 e. The van der Waals surface area contributed by atoms with Gasteiger partial charge in [-0.3, -0.25) is 4.79 Å². The van der Waals surface area contributed by atoms with Gasteiger partial charge in [0.25, 0.3) is 0 Å². The van der Waals surface area contributed by atoms with E-state index in [9.17, 15) is 9.59 Å². The minimum atomic E-state index is -0.138. The van der Waals surface area contributed by atoms with Crippen LogP contribution in [0.5, 0.6) is 0 Å². The van der Waals surface area contributed by atoms with Gasteiger partial charge >= 0.3 is 6.03 Å². The first kappa shape index (κ1) is 15.8. The van der Waals surface area contributed by atoms with E-state index in [4.69, 9.17) is 0 Å². The van der Waals surface area contributed by atoms with Crippen molar-refractivity contribution in [2.24, 2.45) is 0 Å². The third kappa shape index (κ3) is 3.46. The molecular weight excluding hydrogens is 296 g/mol. The van der Waals surface area contributed by atoms with Crippen LogP contribution in [-0.2, 0) is 4.79 Å². The Morgan fingerprint density at radius 1 is 1.30 bits per heavy atom. The highest BCUT2D eigenvalue weighted by molar-refractivity contribution is 5.84. The molecule has 0 aromatic carbocycles. The third-order valence-electron chi connectivity index (χ3n) is 4.50. The van der Waals surface area contributed by atoms with Crippen molar-refractivity contribution < 1.29 is 9.59 Å². The summed E-state index contributed by atoms with van der Waals surface area (Å²) in [5, 5.41) is 7.23. The number of hydrogen-bond donors (Lipinski definition) is 1. The number of likely N-dealkylation sites (tertiary alicyclic amines) is 1. The Balaban J connectivity index is 1.62. The molecule has 0 saturated carbocycles. The molecule has 2 saturated heterocycles. The predicted octanol–water partition coefficient (Wildman–Crippen LogP) is 0.474. The molecule has 1 aromatic heterocycles.